The maximum absolute atomic E-state index is 2.69. The highest BCUT2D eigenvalue weighted by atomic mass is 32.1. The Morgan fingerprint density at radius 1 is 0.228 bits per heavy atom. The number of fused-ring (bicyclic) bond motifs is 19. The largest absolute Gasteiger partial charge is 0.311 e. The minimum atomic E-state index is -0.190. The van der Waals surface area contributed by atoms with Crippen molar-refractivity contribution >= 4 is 195 Å². The van der Waals surface area contributed by atoms with Crippen LogP contribution in [0.4, 0.5) is 34.1 Å². The van der Waals surface area contributed by atoms with E-state index in [2.05, 4.69) is 316 Å². The van der Waals surface area contributed by atoms with Crippen LogP contribution in [0.2, 0.25) is 0 Å². The predicted molar refractivity (Wildman–Crippen MR) is 399 cm³/mol. The number of anilines is 6. The van der Waals surface area contributed by atoms with E-state index in [0.29, 0.717) is 0 Å². The van der Waals surface area contributed by atoms with Crippen LogP contribution < -0.4 is 26.2 Å². The fraction of sp³-hybridized carbons (Fsp3) is 0. The highest BCUT2D eigenvalue weighted by Gasteiger charge is 2.46. The third-order valence-corrected chi connectivity index (χ3v) is 23.2. The average molecular weight is 1220 g/mol. The fourth-order valence-corrected chi connectivity index (χ4v) is 19.4. The second kappa shape index (κ2) is 19.3. The maximum Gasteiger partial charge on any atom is 0.252 e. The number of para-hydroxylation sites is 2. The normalized spacial score (nSPS) is 12.9. The number of benzene rings is 14. The van der Waals surface area contributed by atoms with Crippen molar-refractivity contribution in [2.24, 2.45) is 0 Å². The van der Waals surface area contributed by atoms with Crippen LogP contribution in [0.15, 0.2) is 297 Å². The quantitative estimate of drug-likeness (QED) is 0.154. The van der Waals surface area contributed by atoms with E-state index in [4.69, 9.17) is 0 Å². The van der Waals surface area contributed by atoms with Crippen molar-refractivity contribution < 1.29 is 0 Å². The summed E-state index contributed by atoms with van der Waals surface area (Å²) in [6, 6.07) is 113. The summed E-state index contributed by atoms with van der Waals surface area (Å²) in [7, 11) is 0. The zero-order valence-corrected chi connectivity index (χ0v) is 51.8. The molecule has 0 fully saturated rings. The molecule has 21 rings (SSSR count). The second-order valence-corrected chi connectivity index (χ2v) is 27.9. The minimum absolute atomic E-state index is 0.190. The molecule has 426 valence electrons. The number of hydrogen-bond donors (Lipinski definition) is 0. The monoisotopic (exact) mass is 1220 g/mol. The van der Waals surface area contributed by atoms with Gasteiger partial charge in [0.1, 0.15) is 0 Å². The van der Waals surface area contributed by atoms with E-state index in [1.54, 1.807) is 0 Å². The topological polar surface area (TPSA) is 16.3 Å². The van der Waals surface area contributed by atoms with Crippen molar-refractivity contribution in [3.63, 3.8) is 0 Å². The van der Waals surface area contributed by atoms with Crippen molar-refractivity contribution in [2.45, 2.75) is 0 Å². The van der Waals surface area contributed by atoms with Gasteiger partial charge in [-0.25, -0.2) is 0 Å². The molecule has 19 aromatic rings. The van der Waals surface area contributed by atoms with Crippen LogP contribution in [0.1, 0.15) is 0 Å². The first-order chi connectivity index (χ1) is 45.6. The summed E-state index contributed by atoms with van der Waals surface area (Å²) < 4.78 is 12.8. The van der Waals surface area contributed by atoms with Crippen LogP contribution in [0.3, 0.4) is 0 Å². The van der Waals surface area contributed by atoms with Crippen LogP contribution in [0.25, 0.3) is 138 Å². The summed E-state index contributed by atoms with van der Waals surface area (Å²) in [5, 5.41) is 12.5. The van der Waals surface area contributed by atoms with E-state index in [-0.39, 0.29) is 6.71 Å². The Kier molecular flexibility index (Phi) is 10.6. The Balaban J connectivity index is 0.958. The van der Waals surface area contributed by atoms with Gasteiger partial charge in [0.2, 0.25) is 0 Å². The van der Waals surface area contributed by atoms with Gasteiger partial charge < -0.3 is 18.9 Å². The molecule has 14 aromatic carbocycles. The standard InChI is InChI=1S/C84H49BN4S3/c1-4-20-50(21-5-1)52-38-40-67-60(42-52)61-43-53(51-22-6-2-7-23-51)39-41-68(61)87(67)55-44-74-84-75(45-55)89(70-32-19-37-80-83(70)59-29-13-17-35-78(59)91-80)73-47-63-57-27-11-15-33-76(57)92-81(63)49-65(73)85(84)64-48-71-62(56-26-10-14-30-66(56)86(71)54-24-8-3-9-25-54)46-72(64)88(74)69-31-18-36-79-82(69)58-28-12-16-34-77(58)90-79/h1-49H. The predicted octanol–water partition coefficient (Wildman–Crippen LogP) is 22.4. The van der Waals surface area contributed by atoms with Crippen LogP contribution in [-0.4, -0.2) is 15.8 Å². The smallest absolute Gasteiger partial charge is 0.252 e. The summed E-state index contributed by atoms with van der Waals surface area (Å²) in [4.78, 5) is 5.39. The van der Waals surface area contributed by atoms with Gasteiger partial charge in [-0.2, -0.15) is 0 Å². The summed E-state index contributed by atoms with van der Waals surface area (Å²) in [6.07, 6.45) is 0. The van der Waals surface area contributed by atoms with Gasteiger partial charge in [0.05, 0.1) is 39.1 Å². The Labute approximate surface area is 541 Å². The van der Waals surface area contributed by atoms with Gasteiger partial charge in [0.25, 0.3) is 6.71 Å². The molecule has 0 amide bonds. The van der Waals surface area contributed by atoms with E-state index in [1.165, 1.54) is 149 Å². The summed E-state index contributed by atoms with van der Waals surface area (Å²) in [5.41, 5.74) is 22.6. The molecule has 0 unspecified atom stereocenters. The summed E-state index contributed by atoms with van der Waals surface area (Å²) in [6.45, 7) is -0.190. The number of hydrogen-bond acceptors (Lipinski definition) is 5. The molecule has 2 aliphatic heterocycles. The van der Waals surface area contributed by atoms with Crippen molar-refractivity contribution in [3.05, 3.63) is 297 Å². The van der Waals surface area contributed by atoms with Crippen LogP contribution in [0, 0.1) is 0 Å². The average Bonchev–Trinajstić information content (AvgIpc) is 1.05. The van der Waals surface area contributed by atoms with Gasteiger partial charge in [0, 0.05) is 110 Å². The van der Waals surface area contributed by atoms with Gasteiger partial charge in [-0.15, -0.1) is 34.0 Å². The Morgan fingerprint density at radius 2 is 0.663 bits per heavy atom. The maximum atomic E-state index is 2.69. The molecule has 0 aliphatic carbocycles. The third-order valence-electron chi connectivity index (χ3n) is 19.8. The molecule has 8 heteroatoms. The number of nitrogens with zero attached hydrogens (tertiary/aromatic N) is 4. The first-order valence-electron chi connectivity index (χ1n) is 31.5. The lowest BCUT2D eigenvalue weighted by Gasteiger charge is -2.45. The molecule has 0 spiro atoms. The molecule has 0 radical (unpaired) electrons. The summed E-state index contributed by atoms with van der Waals surface area (Å²) in [5.74, 6) is 0. The van der Waals surface area contributed by atoms with Crippen LogP contribution >= 0.6 is 34.0 Å². The number of thiophene rings is 3. The van der Waals surface area contributed by atoms with Crippen molar-refractivity contribution in [3.8, 4) is 33.6 Å². The van der Waals surface area contributed by atoms with Gasteiger partial charge in [0.15, 0.2) is 0 Å². The van der Waals surface area contributed by atoms with E-state index < -0.39 is 0 Å². The molecule has 0 atom stereocenters. The first-order valence-corrected chi connectivity index (χ1v) is 33.9. The van der Waals surface area contributed by atoms with E-state index in [0.717, 1.165) is 39.5 Å². The lowest BCUT2D eigenvalue weighted by atomic mass is 9.33. The van der Waals surface area contributed by atoms with Crippen molar-refractivity contribution in [1.82, 2.24) is 9.13 Å². The van der Waals surface area contributed by atoms with Gasteiger partial charge in [-0.05, 0) is 160 Å². The van der Waals surface area contributed by atoms with Crippen molar-refractivity contribution in [2.75, 3.05) is 9.80 Å². The second-order valence-electron chi connectivity index (χ2n) is 24.7. The molecule has 4 nitrogen and oxygen atoms in total. The molecule has 0 bridgehead atoms. The third kappa shape index (κ3) is 7.17. The zero-order chi connectivity index (χ0) is 59.9. The first kappa shape index (κ1) is 50.8. The van der Waals surface area contributed by atoms with Crippen molar-refractivity contribution in [1.29, 1.82) is 0 Å². The zero-order valence-electron chi connectivity index (χ0n) is 49.4. The molecule has 0 saturated carbocycles. The molecule has 2 aliphatic rings. The molecule has 92 heavy (non-hydrogen) atoms. The SMILES string of the molecule is c1ccc(-c2ccc3c(c2)c2cc(-c4ccccc4)ccc2n3-c2cc3c4c(c2)N(c2cccc5sc6ccccc6c25)c2cc5c6ccccc6n(-c6ccccc6)c5cc2B4c2cc4sc5ccccc5c4cc2N3c2cccc3sc4ccccc4c23)cc1. The molecule has 0 N–H and O–H groups in total. The molecule has 7 heterocycles. The minimum Gasteiger partial charge on any atom is -0.311 e. The van der Waals surface area contributed by atoms with Gasteiger partial charge in [-0.1, -0.05) is 176 Å². The highest BCUT2D eigenvalue weighted by Crippen LogP contribution is 2.54. The molecular formula is C84H49BN4S3. The lowest BCUT2D eigenvalue weighted by molar-refractivity contribution is 1.16. The van der Waals surface area contributed by atoms with E-state index in [9.17, 15) is 0 Å². The Hall–Kier alpha value is -11.0. The van der Waals surface area contributed by atoms with E-state index in [1.807, 2.05) is 34.0 Å². The number of rotatable bonds is 6. The molecular weight excluding hydrogens is 1170 g/mol. The molecule has 5 aromatic heterocycles. The van der Waals surface area contributed by atoms with Crippen LogP contribution in [-0.2, 0) is 0 Å². The summed E-state index contributed by atoms with van der Waals surface area (Å²) >= 11 is 5.68. The van der Waals surface area contributed by atoms with Crippen LogP contribution in [0.5, 0.6) is 0 Å². The number of aromatic nitrogens is 2. The van der Waals surface area contributed by atoms with Gasteiger partial charge >= 0.3 is 0 Å². The van der Waals surface area contributed by atoms with E-state index >= 15 is 0 Å². The molecule has 0 saturated heterocycles. The highest BCUT2D eigenvalue weighted by molar-refractivity contribution is 7.27. The lowest BCUT2D eigenvalue weighted by Crippen LogP contribution is -2.61. The fourth-order valence-electron chi connectivity index (χ4n) is 16.0. The van der Waals surface area contributed by atoms with Gasteiger partial charge in [-0.3, -0.25) is 0 Å². The Bertz CT molecular complexity index is 6240. The Morgan fingerprint density at radius 3 is 1.25 bits per heavy atom.